The third kappa shape index (κ3) is 6.39. The summed E-state index contributed by atoms with van der Waals surface area (Å²) in [6, 6.07) is 1.08. The van der Waals surface area contributed by atoms with Crippen LogP contribution in [0.15, 0.2) is 11.6 Å². The molecule has 1 aromatic carbocycles. The van der Waals surface area contributed by atoms with E-state index in [1.54, 1.807) is 7.11 Å². The van der Waals surface area contributed by atoms with Gasteiger partial charge in [-0.25, -0.2) is 0 Å². The van der Waals surface area contributed by atoms with E-state index in [0.29, 0.717) is 19.6 Å². The van der Waals surface area contributed by atoms with E-state index in [1.165, 1.54) is 12.7 Å². The minimum atomic E-state index is -1.24. The number of esters is 1. The van der Waals surface area contributed by atoms with E-state index in [9.17, 15) is 4.79 Å². The van der Waals surface area contributed by atoms with Crippen LogP contribution in [0.4, 0.5) is 0 Å². The standard InChI is InChI=1S/C24H35O6Si.CH3.Po/c1-15(9-11-19(25)26-3)8-10-17-21(27-4)16(2)18-14-29-24-23(30-24)20(18)22(17)28-12-13-31(5,6)7;;/h8,11,23-24H,9-10,12-14H2,1-7H3;1H3;/b15-8+;;. The van der Waals surface area contributed by atoms with Crippen LogP contribution >= 0.6 is 0 Å². The SMILES string of the molecule is COC(=O)[CH](C/C(C)=C/Cc1c(OC)c(C)c2c(c1OCC[Si](C)(C)C)C1OC1OC2)[Po][CH3]. The van der Waals surface area contributed by atoms with Gasteiger partial charge in [0.15, 0.2) is 0 Å². The normalized spacial score (nSPS) is 20.5. The van der Waals surface area contributed by atoms with Gasteiger partial charge in [0, 0.05) is 0 Å². The molecule has 1 saturated heterocycles. The van der Waals surface area contributed by atoms with E-state index in [0.717, 1.165) is 46.2 Å². The minimum absolute atomic E-state index is 0.0450. The number of carbonyl (C=O) groups excluding carboxylic acids is 1. The number of fused-ring (bicyclic) bond motifs is 3. The van der Waals surface area contributed by atoms with Gasteiger partial charge in [0.25, 0.3) is 0 Å². The van der Waals surface area contributed by atoms with E-state index < -0.39 is 31.6 Å². The molecule has 2 aliphatic rings. The summed E-state index contributed by atoms with van der Waals surface area (Å²) in [5.41, 5.74) is 5.61. The van der Waals surface area contributed by atoms with Crippen molar-refractivity contribution in [2.24, 2.45) is 0 Å². The van der Waals surface area contributed by atoms with Crippen molar-refractivity contribution in [2.75, 3.05) is 20.8 Å². The molecule has 0 radical (unpaired) electrons. The van der Waals surface area contributed by atoms with Gasteiger partial charge in [-0.05, 0) is 0 Å². The molecule has 0 aliphatic carbocycles. The fourth-order valence-electron chi connectivity index (χ4n) is 4.18. The Balaban J connectivity index is 1.95. The molecule has 33 heavy (non-hydrogen) atoms. The summed E-state index contributed by atoms with van der Waals surface area (Å²) in [6.45, 7) is 12.5. The Morgan fingerprint density at radius 2 is 2.00 bits per heavy atom. The van der Waals surface area contributed by atoms with Gasteiger partial charge in [-0.1, -0.05) is 0 Å². The molecule has 0 spiro atoms. The summed E-state index contributed by atoms with van der Waals surface area (Å²) in [6.07, 6.45) is 3.44. The van der Waals surface area contributed by atoms with Crippen molar-refractivity contribution in [2.45, 2.75) is 79.5 Å². The number of hydrogen-bond acceptors (Lipinski definition) is 6. The molecule has 184 valence electrons. The van der Waals surface area contributed by atoms with Gasteiger partial charge in [0.1, 0.15) is 0 Å². The van der Waals surface area contributed by atoms with E-state index >= 15 is 0 Å². The molecule has 2 aliphatic heterocycles. The Kier molecular flexibility index (Phi) is 9.05. The number of ether oxygens (including phenoxy) is 5. The monoisotopic (exact) mass is 671 g/mol. The van der Waals surface area contributed by atoms with Crippen LogP contribution < -0.4 is 9.47 Å². The zero-order chi connectivity index (χ0) is 24.3. The van der Waals surface area contributed by atoms with Gasteiger partial charge in [-0.15, -0.1) is 0 Å². The number of rotatable bonds is 11. The molecule has 3 unspecified atom stereocenters. The van der Waals surface area contributed by atoms with Gasteiger partial charge in [0.2, 0.25) is 0 Å². The Morgan fingerprint density at radius 3 is 2.61 bits per heavy atom. The zero-order valence-electron chi connectivity index (χ0n) is 21.2. The van der Waals surface area contributed by atoms with Crippen LogP contribution in [0.3, 0.4) is 0 Å². The number of allylic oxidation sites excluding steroid dienone is 2. The van der Waals surface area contributed by atoms with Crippen LogP contribution in [-0.2, 0) is 32.0 Å². The Hall–Kier alpha value is -0.937. The molecule has 2 heterocycles. The average molecular weight is 672 g/mol. The van der Waals surface area contributed by atoms with Crippen molar-refractivity contribution in [3.8, 4) is 11.5 Å². The predicted octanol–water partition coefficient (Wildman–Crippen LogP) is 5.24. The van der Waals surface area contributed by atoms with Crippen molar-refractivity contribution in [1.82, 2.24) is 0 Å². The molecule has 0 amide bonds. The summed E-state index contributed by atoms with van der Waals surface area (Å²) >= 11 is -0.761. The summed E-state index contributed by atoms with van der Waals surface area (Å²) in [4.78, 5) is 12.1. The maximum absolute atomic E-state index is 12.1. The second-order valence-electron chi connectivity index (χ2n) is 9.96. The second-order valence-corrected chi connectivity index (χ2v) is 19.6. The Morgan fingerprint density at radius 1 is 1.27 bits per heavy atom. The summed E-state index contributed by atoms with van der Waals surface area (Å²) in [5.74, 6) is 1.69. The van der Waals surface area contributed by atoms with Crippen LogP contribution in [0.1, 0.15) is 41.7 Å². The predicted molar refractivity (Wildman–Crippen MR) is 133 cm³/mol. The summed E-state index contributed by atoms with van der Waals surface area (Å²) in [5, 5.41) is 0. The molecule has 0 bridgehead atoms. The van der Waals surface area contributed by atoms with Crippen LogP contribution in [-0.4, -0.2) is 64.7 Å². The first-order valence-corrected chi connectivity index (χ1v) is 20.2. The van der Waals surface area contributed by atoms with Crippen LogP contribution in [0.5, 0.6) is 11.5 Å². The van der Waals surface area contributed by atoms with Crippen molar-refractivity contribution in [3.63, 3.8) is 0 Å². The number of epoxide rings is 1. The van der Waals surface area contributed by atoms with E-state index in [2.05, 4.69) is 44.1 Å². The number of methoxy groups -OCH3 is 2. The molecular weight excluding hydrogens is 633 g/mol. The van der Waals surface area contributed by atoms with Crippen LogP contribution in [0, 0.1) is 6.92 Å². The number of benzene rings is 1. The van der Waals surface area contributed by atoms with E-state index in [4.69, 9.17) is 23.7 Å². The van der Waals surface area contributed by atoms with Crippen molar-refractivity contribution < 1.29 is 28.5 Å². The maximum atomic E-state index is 12.1. The summed E-state index contributed by atoms with van der Waals surface area (Å²) in [7, 11) is 1.96. The molecule has 6 nitrogen and oxygen atoms in total. The first kappa shape index (κ1) is 26.7. The number of hydrogen-bond donors (Lipinski definition) is 0. The quantitative estimate of drug-likeness (QED) is 0.139. The summed E-state index contributed by atoms with van der Waals surface area (Å²) < 4.78 is 31.3. The topological polar surface area (TPSA) is 66.5 Å². The van der Waals surface area contributed by atoms with Gasteiger partial charge in [-0.2, -0.15) is 0 Å². The molecule has 0 N–H and O–H groups in total. The van der Waals surface area contributed by atoms with E-state index in [1.807, 2.05) is 0 Å². The van der Waals surface area contributed by atoms with Crippen LogP contribution in [0.2, 0.25) is 33.8 Å². The van der Waals surface area contributed by atoms with Gasteiger partial charge in [-0.3, -0.25) is 0 Å². The molecule has 8 heteroatoms. The fourth-order valence-corrected chi connectivity index (χ4v) is 7.69. The van der Waals surface area contributed by atoms with Crippen molar-refractivity contribution in [3.05, 3.63) is 33.9 Å². The number of carbonyl (C=O) groups is 1. The van der Waals surface area contributed by atoms with Gasteiger partial charge >= 0.3 is 212 Å². The fraction of sp³-hybridized carbons (Fsp3) is 0.640. The molecular formula is C25H38O6PoSi. The van der Waals surface area contributed by atoms with Crippen molar-refractivity contribution >= 4 is 37.6 Å². The Bertz CT molecular complexity index is 907. The van der Waals surface area contributed by atoms with Crippen LogP contribution in [0.25, 0.3) is 0 Å². The first-order valence-electron chi connectivity index (χ1n) is 11.5. The van der Waals surface area contributed by atoms with E-state index in [-0.39, 0.29) is 21.9 Å². The van der Waals surface area contributed by atoms with Crippen molar-refractivity contribution in [1.29, 1.82) is 0 Å². The third-order valence-electron chi connectivity index (χ3n) is 6.25. The first-order chi connectivity index (χ1) is 15.6. The molecule has 3 rings (SSSR count). The molecule has 0 aromatic heterocycles. The molecule has 1 aromatic rings. The molecule has 3 atom stereocenters. The van der Waals surface area contributed by atoms with Gasteiger partial charge in [0.05, 0.1) is 0 Å². The average Bonchev–Trinajstić information content (AvgIpc) is 3.56. The third-order valence-corrected chi connectivity index (χ3v) is 11.6. The zero-order valence-corrected chi connectivity index (χ0v) is 25.4. The second kappa shape index (κ2) is 11.2. The molecule has 0 saturated carbocycles. The molecule has 1 fully saturated rings. The Labute approximate surface area is 211 Å². The van der Waals surface area contributed by atoms with Gasteiger partial charge < -0.3 is 0 Å².